The number of hydrogen-bond donors (Lipinski definition) is 2. The summed E-state index contributed by atoms with van der Waals surface area (Å²) in [5.74, 6) is 0.385. The summed E-state index contributed by atoms with van der Waals surface area (Å²) in [5, 5.41) is 6.52. The minimum atomic E-state index is -0.510. The van der Waals surface area contributed by atoms with Crippen LogP contribution in [0.15, 0.2) is 54.6 Å². The van der Waals surface area contributed by atoms with Crippen LogP contribution < -0.4 is 15.5 Å². The van der Waals surface area contributed by atoms with Crippen molar-refractivity contribution in [2.75, 3.05) is 18.0 Å². The number of para-hydroxylation sites is 1. The van der Waals surface area contributed by atoms with Gasteiger partial charge in [0.15, 0.2) is 5.78 Å². The number of amides is 2. The first-order valence-electron chi connectivity index (χ1n) is 15.8. The molecule has 0 bridgehead atoms. The number of fused-ring (bicyclic) bond motifs is 1. The molecule has 2 aromatic rings. The molecule has 6 heteroatoms. The van der Waals surface area contributed by atoms with Gasteiger partial charge in [0.1, 0.15) is 0 Å². The van der Waals surface area contributed by atoms with E-state index in [0.717, 1.165) is 69.2 Å². The molecule has 1 saturated heterocycles. The third kappa shape index (κ3) is 6.43. The molecule has 0 radical (unpaired) electrons. The van der Waals surface area contributed by atoms with Crippen LogP contribution in [0.4, 0.5) is 5.69 Å². The minimum Gasteiger partial charge on any atom is -0.346 e. The predicted octanol–water partition coefficient (Wildman–Crippen LogP) is 5.58. The SMILES string of the molecule is CC(C(=O)C(CCc1ccccc1)NC(=O)C1CCCNC1)C1CCCC(N2C(=O)C(C)(C)c3ccccc32)CC1. The van der Waals surface area contributed by atoms with Crippen molar-refractivity contribution in [2.45, 2.75) is 96.1 Å². The van der Waals surface area contributed by atoms with Gasteiger partial charge in [0, 0.05) is 24.2 Å². The van der Waals surface area contributed by atoms with E-state index >= 15 is 0 Å². The number of ketones is 1. The fraction of sp³-hybridized carbons (Fsp3) is 0.571. The lowest BCUT2D eigenvalue weighted by atomic mass is 9.81. The number of hydrogen-bond acceptors (Lipinski definition) is 4. The van der Waals surface area contributed by atoms with Gasteiger partial charge in [-0.25, -0.2) is 0 Å². The quantitative estimate of drug-likeness (QED) is 0.395. The molecular formula is C35H47N3O3. The van der Waals surface area contributed by atoms with Crippen molar-refractivity contribution in [2.24, 2.45) is 17.8 Å². The third-order valence-electron chi connectivity index (χ3n) is 9.99. The molecular weight excluding hydrogens is 510 g/mol. The molecule has 0 aromatic heterocycles. The van der Waals surface area contributed by atoms with Crippen LogP contribution in [-0.4, -0.2) is 42.8 Å². The Labute approximate surface area is 245 Å². The largest absolute Gasteiger partial charge is 0.346 e. The zero-order chi connectivity index (χ0) is 29.0. The smallest absolute Gasteiger partial charge is 0.237 e. The van der Waals surface area contributed by atoms with E-state index in [0.29, 0.717) is 13.0 Å². The highest BCUT2D eigenvalue weighted by atomic mass is 16.2. The van der Waals surface area contributed by atoms with Gasteiger partial charge in [-0.05, 0) is 94.9 Å². The number of piperidine rings is 1. The standard InChI is InChI=1S/C35H47N3O3/c1-24(26-13-9-15-28(20-19-26)38-31-17-8-7-16-29(31)35(2,3)34(38)41)32(39)30(21-18-25-11-5-4-6-12-25)37-33(40)27-14-10-22-36-23-27/h4-8,11-12,16-17,24,26-28,30,36H,9-10,13-15,18-23H2,1-3H3,(H,37,40). The maximum absolute atomic E-state index is 14.0. The van der Waals surface area contributed by atoms with Crippen LogP contribution in [0.1, 0.15) is 83.3 Å². The maximum atomic E-state index is 14.0. The number of anilines is 1. The summed E-state index contributed by atoms with van der Waals surface area (Å²) >= 11 is 0. The second-order valence-electron chi connectivity index (χ2n) is 13.1. The number of nitrogens with zero attached hydrogens (tertiary/aromatic N) is 1. The van der Waals surface area contributed by atoms with E-state index in [2.05, 4.69) is 46.7 Å². The molecule has 2 heterocycles. The Morgan fingerprint density at radius 1 is 0.976 bits per heavy atom. The zero-order valence-electron chi connectivity index (χ0n) is 25.0. The van der Waals surface area contributed by atoms with E-state index in [9.17, 15) is 14.4 Å². The van der Waals surface area contributed by atoms with Crippen molar-refractivity contribution < 1.29 is 14.4 Å². The Hall–Kier alpha value is -2.99. The second-order valence-corrected chi connectivity index (χ2v) is 13.1. The van der Waals surface area contributed by atoms with E-state index in [-0.39, 0.29) is 41.4 Å². The summed E-state index contributed by atoms with van der Waals surface area (Å²) in [6.45, 7) is 7.76. The van der Waals surface area contributed by atoms with E-state index in [1.165, 1.54) is 5.56 Å². The van der Waals surface area contributed by atoms with Gasteiger partial charge in [0.25, 0.3) is 0 Å². The third-order valence-corrected chi connectivity index (χ3v) is 9.99. The van der Waals surface area contributed by atoms with Gasteiger partial charge in [0.2, 0.25) is 11.8 Å². The van der Waals surface area contributed by atoms with Gasteiger partial charge >= 0.3 is 0 Å². The predicted molar refractivity (Wildman–Crippen MR) is 164 cm³/mol. The normalized spacial score (nSPS) is 25.6. The van der Waals surface area contributed by atoms with Gasteiger partial charge < -0.3 is 15.5 Å². The number of benzene rings is 2. The van der Waals surface area contributed by atoms with Crippen LogP contribution in [-0.2, 0) is 26.2 Å². The number of carbonyl (C=O) groups is 3. The molecule has 2 fully saturated rings. The number of carbonyl (C=O) groups excluding carboxylic acids is 3. The van der Waals surface area contributed by atoms with Crippen molar-refractivity contribution in [3.63, 3.8) is 0 Å². The van der Waals surface area contributed by atoms with Crippen molar-refractivity contribution in [1.29, 1.82) is 0 Å². The van der Waals surface area contributed by atoms with E-state index < -0.39 is 11.5 Å². The van der Waals surface area contributed by atoms with Gasteiger partial charge in [-0.3, -0.25) is 14.4 Å². The van der Waals surface area contributed by atoms with E-state index in [1.807, 2.05) is 44.2 Å². The number of aryl methyl sites for hydroxylation is 1. The summed E-state index contributed by atoms with van der Waals surface area (Å²) in [4.78, 5) is 42.9. The topological polar surface area (TPSA) is 78.5 Å². The molecule has 41 heavy (non-hydrogen) atoms. The Morgan fingerprint density at radius 3 is 2.49 bits per heavy atom. The Kier molecular flexibility index (Phi) is 9.28. The van der Waals surface area contributed by atoms with Gasteiger partial charge in [0.05, 0.1) is 17.4 Å². The highest BCUT2D eigenvalue weighted by molar-refractivity contribution is 6.08. The first kappa shape index (κ1) is 29.5. The number of Topliss-reactive ketones (excluding diaryl/α,β-unsaturated/α-hetero) is 1. The fourth-order valence-electron chi connectivity index (χ4n) is 7.33. The highest BCUT2D eigenvalue weighted by Gasteiger charge is 2.46. The number of nitrogens with one attached hydrogen (secondary N) is 2. The Morgan fingerprint density at radius 2 is 1.73 bits per heavy atom. The zero-order valence-corrected chi connectivity index (χ0v) is 25.0. The monoisotopic (exact) mass is 557 g/mol. The molecule has 6 nitrogen and oxygen atoms in total. The molecule has 2 aromatic carbocycles. The molecule has 0 spiro atoms. The van der Waals surface area contributed by atoms with Crippen LogP contribution >= 0.6 is 0 Å². The van der Waals surface area contributed by atoms with Gasteiger partial charge in [-0.2, -0.15) is 0 Å². The molecule has 3 aliphatic rings. The highest BCUT2D eigenvalue weighted by Crippen LogP contribution is 2.45. The summed E-state index contributed by atoms with van der Waals surface area (Å²) in [6, 6.07) is 18.1. The molecule has 5 rings (SSSR count). The second kappa shape index (κ2) is 12.9. The first-order chi connectivity index (χ1) is 19.8. The van der Waals surface area contributed by atoms with E-state index in [1.54, 1.807) is 0 Å². The molecule has 1 saturated carbocycles. The summed E-state index contributed by atoms with van der Waals surface area (Å²) in [5.41, 5.74) is 2.83. The number of rotatable bonds is 9. The lowest BCUT2D eigenvalue weighted by Gasteiger charge is -2.30. The lowest BCUT2D eigenvalue weighted by Crippen LogP contribution is -2.49. The van der Waals surface area contributed by atoms with Crippen LogP contribution in [0.2, 0.25) is 0 Å². The summed E-state index contributed by atoms with van der Waals surface area (Å²) in [6.07, 6.45) is 7.96. The van der Waals surface area contributed by atoms with Crippen LogP contribution in [0.25, 0.3) is 0 Å². The fourth-order valence-corrected chi connectivity index (χ4v) is 7.33. The Balaban J connectivity index is 1.26. The van der Waals surface area contributed by atoms with Gasteiger partial charge in [-0.15, -0.1) is 0 Å². The van der Waals surface area contributed by atoms with Gasteiger partial charge in [-0.1, -0.05) is 61.9 Å². The minimum absolute atomic E-state index is 0.00516. The van der Waals surface area contributed by atoms with Crippen molar-refractivity contribution in [3.8, 4) is 0 Å². The van der Waals surface area contributed by atoms with Crippen LogP contribution in [0.5, 0.6) is 0 Å². The molecule has 2 N–H and O–H groups in total. The van der Waals surface area contributed by atoms with Crippen LogP contribution in [0.3, 0.4) is 0 Å². The summed E-state index contributed by atoms with van der Waals surface area (Å²) in [7, 11) is 0. The van der Waals surface area contributed by atoms with Crippen molar-refractivity contribution in [3.05, 3.63) is 65.7 Å². The average Bonchev–Trinajstić information content (AvgIpc) is 3.14. The van der Waals surface area contributed by atoms with Crippen molar-refractivity contribution in [1.82, 2.24) is 10.6 Å². The first-order valence-corrected chi connectivity index (χ1v) is 15.8. The molecule has 220 valence electrons. The average molecular weight is 558 g/mol. The van der Waals surface area contributed by atoms with Crippen molar-refractivity contribution >= 4 is 23.3 Å². The molecule has 5 atom stereocenters. The van der Waals surface area contributed by atoms with Crippen LogP contribution in [0, 0.1) is 17.8 Å². The lowest BCUT2D eigenvalue weighted by molar-refractivity contribution is -0.133. The van der Waals surface area contributed by atoms with E-state index in [4.69, 9.17) is 0 Å². The molecule has 2 aliphatic heterocycles. The Bertz CT molecular complexity index is 1220. The molecule has 5 unspecified atom stereocenters. The maximum Gasteiger partial charge on any atom is 0.237 e. The summed E-state index contributed by atoms with van der Waals surface area (Å²) < 4.78 is 0. The molecule has 1 aliphatic carbocycles. The molecule has 2 amide bonds.